The van der Waals surface area contributed by atoms with Crippen LogP contribution in [0.15, 0.2) is 57.7 Å². The first-order valence-electron chi connectivity index (χ1n) is 7.28. The second-order valence-electron chi connectivity index (χ2n) is 5.47. The maximum atomic E-state index is 12.7. The monoisotopic (exact) mass is 347 g/mol. The van der Waals surface area contributed by atoms with Gasteiger partial charge in [0.1, 0.15) is 11.1 Å². The van der Waals surface area contributed by atoms with Crippen molar-refractivity contribution in [1.82, 2.24) is 0 Å². The van der Waals surface area contributed by atoms with Crippen molar-refractivity contribution in [1.29, 1.82) is 0 Å². The normalized spacial score (nSPS) is 11.5. The number of nitrogens with one attached hydrogen (secondary N) is 1. The molecule has 1 N–H and O–H groups in total. The van der Waals surface area contributed by atoms with Gasteiger partial charge in [-0.3, -0.25) is 4.79 Å². The van der Waals surface area contributed by atoms with Crippen molar-refractivity contribution in [3.05, 3.63) is 75.6 Å². The average Bonchev–Trinajstić information content (AvgIpc) is 2.54. The number of para-hydroxylation sites is 1. The van der Waals surface area contributed by atoms with Crippen LogP contribution in [0.5, 0.6) is 0 Å². The number of anilines is 1. The van der Waals surface area contributed by atoms with Crippen LogP contribution in [-0.2, 0) is 6.18 Å². The van der Waals surface area contributed by atoms with Crippen molar-refractivity contribution < 1.29 is 22.4 Å². The van der Waals surface area contributed by atoms with Gasteiger partial charge in [0.05, 0.1) is 5.56 Å². The van der Waals surface area contributed by atoms with Crippen LogP contribution in [0, 0.1) is 6.92 Å². The minimum atomic E-state index is -4.53. The summed E-state index contributed by atoms with van der Waals surface area (Å²) >= 11 is 0. The van der Waals surface area contributed by atoms with Crippen molar-refractivity contribution in [2.45, 2.75) is 13.1 Å². The second kappa shape index (κ2) is 6.08. The molecule has 0 aliphatic heterocycles. The molecule has 1 amide bonds. The van der Waals surface area contributed by atoms with Crippen LogP contribution in [-0.4, -0.2) is 5.91 Å². The molecular formula is C18H12F3NO3. The summed E-state index contributed by atoms with van der Waals surface area (Å²) in [6, 6.07) is 10.7. The molecule has 7 heteroatoms. The molecule has 128 valence electrons. The summed E-state index contributed by atoms with van der Waals surface area (Å²) in [7, 11) is 0. The molecule has 0 saturated heterocycles. The van der Waals surface area contributed by atoms with Crippen LogP contribution < -0.4 is 10.9 Å². The number of alkyl halides is 3. The molecule has 0 spiro atoms. The van der Waals surface area contributed by atoms with Gasteiger partial charge in [-0.15, -0.1) is 0 Å². The molecule has 1 heterocycles. The van der Waals surface area contributed by atoms with Gasteiger partial charge in [0.2, 0.25) is 0 Å². The molecule has 0 aliphatic rings. The van der Waals surface area contributed by atoms with Gasteiger partial charge in [0.25, 0.3) is 5.91 Å². The van der Waals surface area contributed by atoms with Gasteiger partial charge in [-0.2, -0.15) is 13.2 Å². The third kappa shape index (κ3) is 3.40. The number of halogens is 3. The largest absolute Gasteiger partial charge is 0.422 e. The number of amides is 1. The third-order valence-electron chi connectivity index (χ3n) is 3.65. The van der Waals surface area contributed by atoms with Crippen molar-refractivity contribution in [3.8, 4) is 0 Å². The van der Waals surface area contributed by atoms with E-state index in [0.717, 1.165) is 17.7 Å². The van der Waals surface area contributed by atoms with Gasteiger partial charge in [-0.05, 0) is 36.8 Å². The van der Waals surface area contributed by atoms with Crippen LogP contribution in [0.2, 0.25) is 0 Å². The van der Waals surface area contributed by atoms with E-state index in [1.165, 1.54) is 18.2 Å². The van der Waals surface area contributed by atoms with Crippen LogP contribution in [0.3, 0.4) is 0 Å². The number of carbonyl (C=O) groups is 1. The zero-order chi connectivity index (χ0) is 18.2. The maximum Gasteiger partial charge on any atom is 0.416 e. The lowest BCUT2D eigenvalue weighted by molar-refractivity contribution is -0.137. The highest BCUT2D eigenvalue weighted by atomic mass is 19.4. The number of rotatable bonds is 2. The fraction of sp³-hybridized carbons (Fsp3) is 0.111. The van der Waals surface area contributed by atoms with Crippen LogP contribution in [0.25, 0.3) is 11.0 Å². The van der Waals surface area contributed by atoms with E-state index in [9.17, 15) is 22.8 Å². The van der Waals surface area contributed by atoms with Crippen LogP contribution >= 0.6 is 0 Å². The fourth-order valence-corrected chi connectivity index (χ4v) is 2.42. The SMILES string of the molecule is Cc1cccc2cc(C(=O)Nc3cccc(C(F)(F)F)c3)c(=O)oc12. The van der Waals surface area contributed by atoms with E-state index in [1.54, 1.807) is 25.1 Å². The van der Waals surface area contributed by atoms with E-state index < -0.39 is 23.3 Å². The summed E-state index contributed by atoms with van der Waals surface area (Å²) in [5.74, 6) is -0.837. The quantitative estimate of drug-likeness (QED) is 0.700. The number of aryl methyl sites for hydroxylation is 1. The fourth-order valence-electron chi connectivity index (χ4n) is 2.42. The molecular weight excluding hydrogens is 335 g/mol. The lowest BCUT2D eigenvalue weighted by atomic mass is 10.1. The molecule has 3 rings (SSSR count). The molecule has 0 unspecified atom stereocenters. The number of carbonyl (C=O) groups excluding carboxylic acids is 1. The molecule has 1 aromatic heterocycles. The number of fused-ring (bicyclic) bond motifs is 1. The van der Waals surface area contributed by atoms with E-state index in [1.807, 2.05) is 0 Å². The lowest BCUT2D eigenvalue weighted by Gasteiger charge is -2.10. The molecule has 0 atom stereocenters. The lowest BCUT2D eigenvalue weighted by Crippen LogP contribution is -2.21. The summed E-state index contributed by atoms with van der Waals surface area (Å²) in [5, 5.41) is 2.84. The molecule has 3 aromatic rings. The van der Waals surface area contributed by atoms with E-state index >= 15 is 0 Å². The van der Waals surface area contributed by atoms with Gasteiger partial charge >= 0.3 is 11.8 Å². The Bertz CT molecular complexity index is 1020. The van der Waals surface area contributed by atoms with Gasteiger partial charge in [-0.25, -0.2) is 4.79 Å². The molecule has 0 bridgehead atoms. The van der Waals surface area contributed by atoms with Gasteiger partial charge in [-0.1, -0.05) is 24.3 Å². The highest BCUT2D eigenvalue weighted by molar-refractivity contribution is 6.05. The molecule has 4 nitrogen and oxygen atoms in total. The Morgan fingerprint density at radius 3 is 2.52 bits per heavy atom. The Balaban J connectivity index is 1.96. The van der Waals surface area contributed by atoms with Gasteiger partial charge < -0.3 is 9.73 Å². The van der Waals surface area contributed by atoms with E-state index in [4.69, 9.17) is 4.42 Å². The second-order valence-corrected chi connectivity index (χ2v) is 5.47. The number of benzene rings is 2. The Morgan fingerprint density at radius 1 is 1.08 bits per heavy atom. The summed E-state index contributed by atoms with van der Waals surface area (Å²) < 4.78 is 43.3. The zero-order valence-corrected chi connectivity index (χ0v) is 13.0. The first-order chi connectivity index (χ1) is 11.8. The van der Waals surface area contributed by atoms with Crippen molar-refractivity contribution in [3.63, 3.8) is 0 Å². The molecule has 0 radical (unpaired) electrons. The first-order valence-corrected chi connectivity index (χ1v) is 7.28. The van der Waals surface area contributed by atoms with Gasteiger partial charge in [0, 0.05) is 11.1 Å². The predicted octanol–water partition coefficient (Wildman–Crippen LogP) is 4.37. The topological polar surface area (TPSA) is 59.3 Å². The Kier molecular flexibility index (Phi) is 4.08. The highest BCUT2D eigenvalue weighted by Gasteiger charge is 2.30. The molecule has 2 aromatic carbocycles. The van der Waals surface area contributed by atoms with E-state index in [0.29, 0.717) is 11.0 Å². The minimum Gasteiger partial charge on any atom is -0.422 e. The standard InChI is InChI=1S/C18H12F3NO3/c1-10-4-2-5-11-8-14(17(24)25-15(10)11)16(23)22-13-7-3-6-12(9-13)18(19,20)21/h2-9H,1H3,(H,22,23). The zero-order valence-electron chi connectivity index (χ0n) is 13.0. The summed E-state index contributed by atoms with van der Waals surface area (Å²) in [6.45, 7) is 1.76. The molecule has 25 heavy (non-hydrogen) atoms. The third-order valence-corrected chi connectivity index (χ3v) is 3.65. The van der Waals surface area contributed by atoms with E-state index in [2.05, 4.69) is 5.32 Å². The maximum absolute atomic E-state index is 12.7. The summed E-state index contributed by atoms with van der Waals surface area (Å²) in [4.78, 5) is 24.3. The average molecular weight is 347 g/mol. The number of hydrogen-bond donors (Lipinski definition) is 1. The predicted molar refractivity (Wildman–Crippen MR) is 86.6 cm³/mol. The first kappa shape index (κ1) is 16.8. The van der Waals surface area contributed by atoms with Crippen LogP contribution in [0.1, 0.15) is 21.5 Å². The van der Waals surface area contributed by atoms with Crippen LogP contribution in [0.4, 0.5) is 18.9 Å². The summed E-state index contributed by atoms with van der Waals surface area (Å²) in [6.07, 6.45) is -4.53. The van der Waals surface area contributed by atoms with Crippen molar-refractivity contribution in [2.24, 2.45) is 0 Å². The summed E-state index contributed by atoms with van der Waals surface area (Å²) in [5.41, 5.74) is -1.00. The van der Waals surface area contributed by atoms with E-state index in [-0.39, 0.29) is 11.3 Å². The van der Waals surface area contributed by atoms with Gasteiger partial charge in [0.15, 0.2) is 0 Å². The number of hydrogen-bond acceptors (Lipinski definition) is 3. The molecule has 0 fully saturated rings. The highest BCUT2D eigenvalue weighted by Crippen LogP contribution is 2.30. The molecule has 0 saturated carbocycles. The Labute approximate surface area is 139 Å². The molecule has 0 aliphatic carbocycles. The smallest absolute Gasteiger partial charge is 0.416 e. The Morgan fingerprint density at radius 2 is 1.80 bits per heavy atom. The minimum absolute atomic E-state index is 0.0661. The van der Waals surface area contributed by atoms with Crippen molar-refractivity contribution >= 4 is 22.6 Å². The Hall–Kier alpha value is -3.09. The van der Waals surface area contributed by atoms with Crippen molar-refractivity contribution in [2.75, 3.05) is 5.32 Å².